The molecule has 0 aliphatic heterocycles. The third kappa shape index (κ3) is 1.50. The number of aromatic amines is 1. The van der Waals surface area contributed by atoms with E-state index >= 15 is 0 Å². The quantitative estimate of drug-likeness (QED) is 0.489. The molecule has 4 N–H and O–H groups in total. The van der Waals surface area contributed by atoms with Gasteiger partial charge in [0.15, 0.2) is 0 Å². The molecule has 0 saturated carbocycles. The molecule has 1 aromatic carbocycles. The second-order valence-corrected chi connectivity index (χ2v) is 2.95. The second-order valence-electron chi connectivity index (χ2n) is 2.95. The molecule has 0 unspecified atom stereocenters. The van der Waals surface area contributed by atoms with Crippen LogP contribution in [0.1, 0.15) is 5.69 Å². The topological polar surface area (TPSA) is 78.6 Å². The molecule has 4 heteroatoms. The van der Waals surface area contributed by atoms with Gasteiger partial charge in [-0.3, -0.25) is 10.5 Å². The van der Waals surface area contributed by atoms with Crippen LogP contribution < -0.4 is 5.73 Å². The highest BCUT2D eigenvalue weighted by molar-refractivity contribution is 5.93. The maximum Gasteiger partial charge on any atom is 0.141 e. The molecule has 70 valence electrons. The minimum Gasteiger partial charge on any atom is -0.382 e. The molecule has 0 bridgehead atoms. The molecule has 2 aromatic rings. The van der Waals surface area contributed by atoms with Crippen LogP contribution in [0, 0.1) is 5.41 Å². The minimum absolute atomic E-state index is 0.000295. The summed E-state index contributed by atoms with van der Waals surface area (Å²) in [5, 5.41) is 14.0. The standard InChI is InChI=1S/C10H10N4/c11-10(12)9-6-8(13-14-9)7-4-2-1-3-5-7/h1-6H,(H3,11,12)(H,13,14). The number of H-pyrrole nitrogens is 1. The van der Waals surface area contributed by atoms with Crippen molar-refractivity contribution in [2.45, 2.75) is 0 Å². The van der Waals surface area contributed by atoms with Gasteiger partial charge in [-0.25, -0.2) is 0 Å². The van der Waals surface area contributed by atoms with Crippen LogP contribution in [0.4, 0.5) is 0 Å². The predicted molar refractivity (Wildman–Crippen MR) is 55.0 cm³/mol. The van der Waals surface area contributed by atoms with Crippen molar-refractivity contribution in [2.24, 2.45) is 5.73 Å². The maximum atomic E-state index is 7.22. The summed E-state index contributed by atoms with van der Waals surface area (Å²) < 4.78 is 0. The Morgan fingerprint density at radius 1 is 1.29 bits per heavy atom. The number of benzene rings is 1. The van der Waals surface area contributed by atoms with Gasteiger partial charge in [0.25, 0.3) is 0 Å². The van der Waals surface area contributed by atoms with Crippen LogP contribution in [0.15, 0.2) is 36.4 Å². The predicted octanol–water partition coefficient (Wildman–Crippen LogP) is 1.36. The number of amidine groups is 1. The van der Waals surface area contributed by atoms with E-state index in [4.69, 9.17) is 11.1 Å². The number of nitrogen functional groups attached to an aromatic ring is 1. The van der Waals surface area contributed by atoms with Gasteiger partial charge in [-0.05, 0) is 6.07 Å². The largest absolute Gasteiger partial charge is 0.382 e. The first kappa shape index (κ1) is 8.50. The van der Waals surface area contributed by atoms with E-state index in [0.29, 0.717) is 5.69 Å². The van der Waals surface area contributed by atoms with Gasteiger partial charge in [0.05, 0.1) is 11.4 Å². The molecule has 1 heterocycles. The first-order chi connectivity index (χ1) is 6.77. The molecule has 0 spiro atoms. The minimum atomic E-state index is -0.000295. The zero-order valence-corrected chi connectivity index (χ0v) is 7.49. The van der Waals surface area contributed by atoms with E-state index in [0.717, 1.165) is 11.3 Å². The highest BCUT2D eigenvalue weighted by Crippen LogP contribution is 2.16. The molecular weight excluding hydrogens is 176 g/mol. The van der Waals surface area contributed by atoms with Crippen LogP contribution in [0.2, 0.25) is 0 Å². The Labute approximate surface area is 81.3 Å². The number of nitrogens with zero attached hydrogens (tertiary/aromatic N) is 1. The lowest BCUT2D eigenvalue weighted by molar-refractivity contribution is 1.08. The van der Waals surface area contributed by atoms with Crippen molar-refractivity contribution in [3.63, 3.8) is 0 Å². The summed E-state index contributed by atoms with van der Waals surface area (Å²) in [6.07, 6.45) is 0. The highest BCUT2D eigenvalue weighted by atomic mass is 15.1. The number of hydrogen-bond donors (Lipinski definition) is 3. The van der Waals surface area contributed by atoms with E-state index < -0.39 is 0 Å². The van der Waals surface area contributed by atoms with Crippen molar-refractivity contribution < 1.29 is 0 Å². The molecule has 0 saturated heterocycles. The first-order valence-electron chi connectivity index (χ1n) is 4.22. The Kier molecular flexibility index (Phi) is 2.02. The summed E-state index contributed by atoms with van der Waals surface area (Å²) in [5.41, 5.74) is 7.67. The molecule has 0 fully saturated rings. The normalized spacial score (nSPS) is 10.0. The van der Waals surface area contributed by atoms with Gasteiger partial charge in [0.1, 0.15) is 5.84 Å². The highest BCUT2D eigenvalue weighted by Gasteiger charge is 2.04. The van der Waals surface area contributed by atoms with Crippen LogP contribution in [-0.4, -0.2) is 16.0 Å². The molecule has 2 rings (SSSR count). The smallest absolute Gasteiger partial charge is 0.141 e. The summed E-state index contributed by atoms with van der Waals surface area (Å²) in [7, 11) is 0. The van der Waals surface area contributed by atoms with E-state index in [9.17, 15) is 0 Å². The lowest BCUT2D eigenvalue weighted by Gasteiger charge is -1.92. The van der Waals surface area contributed by atoms with E-state index in [1.807, 2.05) is 30.3 Å². The number of hydrogen-bond acceptors (Lipinski definition) is 2. The lowest BCUT2D eigenvalue weighted by Crippen LogP contribution is -2.11. The van der Waals surface area contributed by atoms with Crippen molar-refractivity contribution in [1.29, 1.82) is 5.41 Å². The van der Waals surface area contributed by atoms with Crippen LogP contribution in [0.5, 0.6) is 0 Å². The van der Waals surface area contributed by atoms with Gasteiger partial charge in [-0.1, -0.05) is 30.3 Å². The van der Waals surface area contributed by atoms with Crippen LogP contribution in [-0.2, 0) is 0 Å². The lowest BCUT2D eigenvalue weighted by atomic mass is 10.1. The third-order valence-corrected chi connectivity index (χ3v) is 1.94. The van der Waals surface area contributed by atoms with Gasteiger partial charge in [0.2, 0.25) is 0 Å². The summed E-state index contributed by atoms with van der Waals surface area (Å²) >= 11 is 0. The zero-order chi connectivity index (χ0) is 9.97. The van der Waals surface area contributed by atoms with Crippen LogP contribution >= 0.6 is 0 Å². The fraction of sp³-hybridized carbons (Fsp3) is 0. The SMILES string of the molecule is N=C(N)c1cc(-c2ccccc2)n[nH]1. The van der Waals surface area contributed by atoms with E-state index in [-0.39, 0.29) is 5.84 Å². The molecule has 0 amide bonds. The average Bonchev–Trinajstić information content (AvgIpc) is 2.68. The first-order valence-corrected chi connectivity index (χ1v) is 4.22. The Hall–Kier alpha value is -2.10. The van der Waals surface area contributed by atoms with Crippen molar-refractivity contribution >= 4 is 5.84 Å². The second kappa shape index (κ2) is 3.33. The van der Waals surface area contributed by atoms with Crippen LogP contribution in [0.25, 0.3) is 11.3 Å². The molecule has 1 aromatic heterocycles. The Morgan fingerprint density at radius 3 is 2.57 bits per heavy atom. The third-order valence-electron chi connectivity index (χ3n) is 1.94. The van der Waals surface area contributed by atoms with Gasteiger partial charge in [-0.2, -0.15) is 5.10 Å². The van der Waals surface area contributed by atoms with Crippen molar-refractivity contribution in [3.8, 4) is 11.3 Å². The fourth-order valence-electron chi connectivity index (χ4n) is 1.22. The Balaban J connectivity index is 2.39. The molecule has 0 aliphatic carbocycles. The van der Waals surface area contributed by atoms with Gasteiger partial charge in [0, 0.05) is 5.56 Å². The van der Waals surface area contributed by atoms with E-state index in [1.165, 1.54) is 0 Å². The van der Waals surface area contributed by atoms with E-state index in [1.54, 1.807) is 6.07 Å². The molecule has 4 nitrogen and oxygen atoms in total. The molecule has 0 radical (unpaired) electrons. The fourth-order valence-corrected chi connectivity index (χ4v) is 1.22. The summed E-state index contributed by atoms with van der Waals surface area (Å²) in [4.78, 5) is 0. The maximum absolute atomic E-state index is 7.22. The monoisotopic (exact) mass is 186 g/mol. The average molecular weight is 186 g/mol. The summed E-state index contributed by atoms with van der Waals surface area (Å²) in [6, 6.07) is 11.5. The van der Waals surface area contributed by atoms with Gasteiger partial charge < -0.3 is 5.73 Å². The van der Waals surface area contributed by atoms with Crippen molar-refractivity contribution in [3.05, 3.63) is 42.1 Å². The van der Waals surface area contributed by atoms with Crippen LogP contribution in [0.3, 0.4) is 0 Å². The molecule has 14 heavy (non-hydrogen) atoms. The molecule has 0 aliphatic rings. The van der Waals surface area contributed by atoms with Crippen molar-refractivity contribution in [2.75, 3.05) is 0 Å². The summed E-state index contributed by atoms with van der Waals surface area (Å²) in [5.74, 6) is -0.000295. The Morgan fingerprint density at radius 2 is 2.00 bits per heavy atom. The molecule has 0 atom stereocenters. The number of aromatic nitrogens is 2. The molecular formula is C10H10N4. The number of nitrogens with one attached hydrogen (secondary N) is 2. The van der Waals surface area contributed by atoms with Crippen molar-refractivity contribution in [1.82, 2.24) is 10.2 Å². The zero-order valence-electron chi connectivity index (χ0n) is 7.49. The summed E-state index contributed by atoms with van der Waals surface area (Å²) in [6.45, 7) is 0. The van der Waals surface area contributed by atoms with Gasteiger partial charge >= 0.3 is 0 Å². The van der Waals surface area contributed by atoms with E-state index in [2.05, 4.69) is 10.2 Å². The Bertz CT molecular complexity index is 444. The number of rotatable bonds is 2. The number of nitrogens with two attached hydrogens (primary N) is 1. The van der Waals surface area contributed by atoms with Gasteiger partial charge in [-0.15, -0.1) is 0 Å².